The Kier molecular flexibility index (Phi) is 9.83. The molecule has 224 valence electrons. The number of rotatable bonds is 14. The zero-order valence-corrected chi connectivity index (χ0v) is 24.2. The van der Waals surface area contributed by atoms with E-state index in [1.165, 1.54) is 0 Å². The lowest BCUT2D eigenvalue weighted by Gasteiger charge is -2.40. The molecule has 2 saturated heterocycles. The minimum atomic E-state index is -1.77. The van der Waals surface area contributed by atoms with Gasteiger partial charge in [-0.1, -0.05) is 23.8 Å². The van der Waals surface area contributed by atoms with E-state index in [1.54, 1.807) is 45.2 Å². The lowest BCUT2D eigenvalue weighted by atomic mass is 9.70. The summed E-state index contributed by atoms with van der Waals surface area (Å²) in [7, 11) is 1.55. The average Bonchev–Trinajstić information content (AvgIpc) is 3.49. The fraction of sp³-hybridized carbons (Fsp3) is 0.600. The largest absolute Gasteiger partial charge is 0.497 e. The molecule has 3 amide bonds. The highest BCUT2D eigenvalue weighted by Gasteiger charge is 2.58. The zero-order valence-electron chi connectivity index (χ0n) is 24.2. The number of amides is 3. The van der Waals surface area contributed by atoms with Crippen LogP contribution in [0.25, 0.3) is 0 Å². The second-order valence-electron chi connectivity index (χ2n) is 11.4. The van der Waals surface area contributed by atoms with E-state index in [2.05, 4.69) is 16.7 Å². The fourth-order valence-electron chi connectivity index (χ4n) is 5.58. The van der Waals surface area contributed by atoms with Gasteiger partial charge in [0.25, 0.3) is 0 Å². The summed E-state index contributed by atoms with van der Waals surface area (Å²) in [5.74, 6) is -2.37. The number of nitrogens with zero attached hydrogens (tertiary/aromatic N) is 1. The first kappa shape index (κ1) is 30.7. The van der Waals surface area contributed by atoms with Gasteiger partial charge < -0.3 is 30.6 Å². The van der Waals surface area contributed by atoms with Crippen molar-refractivity contribution in [3.63, 3.8) is 0 Å². The van der Waals surface area contributed by atoms with Crippen LogP contribution in [0.15, 0.2) is 35.9 Å². The molecule has 11 nitrogen and oxygen atoms in total. The molecule has 2 heterocycles. The lowest BCUT2D eigenvalue weighted by Crippen LogP contribution is -2.68. The van der Waals surface area contributed by atoms with Gasteiger partial charge in [-0.2, -0.15) is 0 Å². The molecule has 4 rings (SSSR count). The van der Waals surface area contributed by atoms with Gasteiger partial charge in [0.1, 0.15) is 22.9 Å². The average molecular weight is 571 g/mol. The summed E-state index contributed by atoms with van der Waals surface area (Å²) in [6, 6.07) is 6.08. The van der Waals surface area contributed by atoms with Crippen molar-refractivity contribution in [1.82, 2.24) is 15.5 Å². The van der Waals surface area contributed by atoms with Crippen molar-refractivity contribution in [2.75, 3.05) is 46.6 Å². The summed E-state index contributed by atoms with van der Waals surface area (Å²) >= 11 is 0. The molecule has 1 aromatic rings. The Balaban J connectivity index is 1.63. The number of ether oxygens (including phenoxy) is 3. The molecule has 0 aromatic heterocycles. The number of methoxy groups -OCH3 is 1. The van der Waals surface area contributed by atoms with Crippen LogP contribution in [0, 0.1) is 5.92 Å². The van der Waals surface area contributed by atoms with E-state index in [0.717, 1.165) is 24.8 Å². The molecular weight excluding hydrogens is 528 g/mol. The van der Waals surface area contributed by atoms with Crippen molar-refractivity contribution < 1.29 is 33.4 Å². The van der Waals surface area contributed by atoms with Crippen LogP contribution >= 0.6 is 0 Å². The summed E-state index contributed by atoms with van der Waals surface area (Å²) in [6.07, 6.45) is 5.00. The first-order valence-corrected chi connectivity index (χ1v) is 14.3. The summed E-state index contributed by atoms with van der Waals surface area (Å²) in [5.41, 5.74) is 5.05. The SMILES string of the molecule is COc1ccc(CC(NC(=O)[C@H](C)NC(=O)CN2CCOCC2)(C(N)=O)[C@H](CC2=CCCC2)C(=O)[C@@]2(C)CO2)cc1. The van der Waals surface area contributed by atoms with Crippen LogP contribution in [-0.4, -0.2) is 92.2 Å². The topological polar surface area (TPSA) is 153 Å². The van der Waals surface area contributed by atoms with Crippen molar-refractivity contribution in [2.45, 2.75) is 63.1 Å². The number of epoxide rings is 1. The van der Waals surface area contributed by atoms with Crippen molar-refractivity contribution in [2.24, 2.45) is 11.7 Å². The number of nitrogens with one attached hydrogen (secondary N) is 2. The van der Waals surface area contributed by atoms with Crippen LogP contribution in [0.1, 0.15) is 45.1 Å². The highest BCUT2D eigenvalue weighted by molar-refractivity contribution is 6.02. The van der Waals surface area contributed by atoms with Crippen LogP contribution in [0.5, 0.6) is 5.75 Å². The third kappa shape index (κ3) is 7.52. The number of Topliss-reactive ketones (excluding diaryl/α,β-unsaturated/α-hetero) is 1. The third-order valence-corrected chi connectivity index (χ3v) is 8.28. The van der Waals surface area contributed by atoms with E-state index >= 15 is 0 Å². The molecule has 11 heteroatoms. The van der Waals surface area contributed by atoms with E-state index in [0.29, 0.717) is 37.6 Å². The summed E-state index contributed by atoms with van der Waals surface area (Å²) in [5, 5.41) is 5.60. The molecule has 1 aromatic carbocycles. The highest BCUT2D eigenvalue weighted by atomic mass is 16.6. The Bertz CT molecular complexity index is 1160. The smallest absolute Gasteiger partial charge is 0.244 e. The molecule has 2 aliphatic heterocycles. The number of nitrogens with two attached hydrogens (primary N) is 1. The maximum Gasteiger partial charge on any atom is 0.244 e. The van der Waals surface area contributed by atoms with Crippen molar-refractivity contribution >= 4 is 23.5 Å². The Hall–Kier alpha value is -3.28. The van der Waals surface area contributed by atoms with E-state index < -0.39 is 34.9 Å². The van der Waals surface area contributed by atoms with E-state index in [9.17, 15) is 19.2 Å². The first-order chi connectivity index (χ1) is 19.6. The second kappa shape index (κ2) is 13.1. The molecule has 0 bridgehead atoms. The molecule has 0 saturated carbocycles. The van der Waals surface area contributed by atoms with E-state index in [1.807, 2.05) is 4.90 Å². The number of hydrogen-bond acceptors (Lipinski definition) is 8. The van der Waals surface area contributed by atoms with Gasteiger partial charge in [0, 0.05) is 19.5 Å². The molecule has 3 aliphatic rings. The Morgan fingerprint density at radius 3 is 2.41 bits per heavy atom. The standard InChI is InChI=1S/C30H42N4O7/c1-20(32-25(35)18-34-12-14-40-15-13-34)27(37)33-30(28(31)38,17-22-8-10-23(39-3)11-9-22)24(16-21-6-4-5-7-21)26(36)29(2)19-41-29/h6,8-11,20,24H,4-5,7,12-19H2,1-3H3,(H2,31,38)(H,32,35)(H,33,37)/t20-,24+,29+,30?/m0/s1. The van der Waals surface area contributed by atoms with Crippen LogP contribution < -0.4 is 21.1 Å². The van der Waals surface area contributed by atoms with Crippen LogP contribution in [-0.2, 0) is 35.1 Å². The number of primary amides is 1. The van der Waals surface area contributed by atoms with Crippen LogP contribution in [0.4, 0.5) is 0 Å². The van der Waals surface area contributed by atoms with Crippen molar-refractivity contribution in [1.29, 1.82) is 0 Å². The van der Waals surface area contributed by atoms with Gasteiger partial charge in [-0.25, -0.2) is 0 Å². The zero-order chi connectivity index (χ0) is 29.6. The predicted octanol–water partition coefficient (Wildman–Crippen LogP) is 0.890. The Morgan fingerprint density at radius 1 is 1.17 bits per heavy atom. The predicted molar refractivity (Wildman–Crippen MR) is 151 cm³/mol. The highest BCUT2D eigenvalue weighted by Crippen LogP contribution is 2.40. The molecule has 1 unspecified atom stereocenters. The number of carbonyl (C=O) groups is 4. The maximum atomic E-state index is 14.0. The Labute approximate surface area is 241 Å². The van der Waals surface area contributed by atoms with E-state index in [4.69, 9.17) is 19.9 Å². The fourth-order valence-corrected chi connectivity index (χ4v) is 5.58. The molecular formula is C30H42N4O7. The molecule has 0 radical (unpaired) electrons. The normalized spacial score (nSPS) is 23.4. The Morgan fingerprint density at radius 2 is 1.85 bits per heavy atom. The maximum absolute atomic E-state index is 14.0. The molecule has 4 atom stereocenters. The van der Waals surface area contributed by atoms with E-state index in [-0.39, 0.29) is 37.7 Å². The lowest BCUT2D eigenvalue weighted by molar-refractivity contribution is -0.142. The molecule has 1 aliphatic carbocycles. The molecule has 41 heavy (non-hydrogen) atoms. The van der Waals surface area contributed by atoms with Gasteiger partial charge in [-0.3, -0.25) is 24.1 Å². The van der Waals surface area contributed by atoms with Crippen LogP contribution in [0.2, 0.25) is 0 Å². The minimum Gasteiger partial charge on any atom is -0.497 e. The molecule has 0 spiro atoms. The van der Waals surface area contributed by atoms with Crippen molar-refractivity contribution in [3.8, 4) is 5.75 Å². The van der Waals surface area contributed by atoms with Gasteiger partial charge in [-0.05, 0) is 57.2 Å². The van der Waals surface area contributed by atoms with Crippen LogP contribution in [0.3, 0.4) is 0 Å². The van der Waals surface area contributed by atoms with Gasteiger partial charge in [-0.15, -0.1) is 0 Å². The quantitative estimate of drug-likeness (QED) is 0.220. The number of morpholine rings is 1. The van der Waals surface area contributed by atoms with Gasteiger partial charge in [0.2, 0.25) is 17.7 Å². The monoisotopic (exact) mass is 570 g/mol. The van der Waals surface area contributed by atoms with Crippen molar-refractivity contribution in [3.05, 3.63) is 41.5 Å². The van der Waals surface area contributed by atoms with Gasteiger partial charge >= 0.3 is 0 Å². The summed E-state index contributed by atoms with van der Waals surface area (Å²) < 4.78 is 16.1. The first-order valence-electron chi connectivity index (χ1n) is 14.3. The molecule has 2 fully saturated rings. The molecule has 4 N–H and O–H groups in total. The summed E-state index contributed by atoms with van der Waals surface area (Å²) in [6.45, 7) is 5.95. The minimum absolute atomic E-state index is 0.0215. The van der Waals surface area contributed by atoms with Gasteiger partial charge in [0.05, 0.1) is 39.4 Å². The number of carbonyl (C=O) groups excluding carboxylic acids is 4. The number of allylic oxidation sites excluding steroid dienone is 2. The number of benzene rings is 1. The number of hydrogen-bond donors (Lipinski definition) is 3. The summed E-state index contributed by atoms with van der Waals surface area (Å²) in [4.78, 5) is 55.9. The second-order valence-corrected chi connectivity index (χ2v) is 11.4. The number of ketones is 1. The van der Waals surface area contributed by atoms with Gasteiger partial charge in [0.15, 0.2) is 5.78 Å². The third-order valence-electron chi connectivity index (χ3n) is 8.28.